The van der Waals surface area contributed by atoms with Crippen LogP contribution in [0.3, 0.4) is 0 Å². The van der Waals surface area contributed by atoms with E-state index in [0.717, 1.165) is 0 Å². The van der Waals surface area contributed by atoms with Gasteiger partial charge >= 0.3 is 5.97 Å². The van der Waals surface area contributed by atoms with Crippen LogP contribution in [0.15, 0.2) is 18.2 Å². The first-order valence-electron chi connectivity index (χ1n) is 4.84. The van der Waals surface area contributed by atoms with Crippen LogP contribution in [-0.2, 0) is 9.53 Å². The summed E-state index contributed by atoms with van der Waals surface area (Å²) in [7, 11) is 1.31. The van der Waals surface area contributed by atoms with Crippen LogP contribution < -0.4 is 10.1 Å². The molecule has 1 aliphatic rings. The normalized spacial score (nSPS) is 22.7. The Balaban J connectivity index is 2.30. The number of hydrogen-bond donors (Lipinski definition) is 1. The van der Waals surface area contributed by atoms with Crippen LogP contribution in [0.2, 0.25) is 0 Å². The highest BCUT2D eigenvalue weighted by molar-refractivity contribution is 5.85. The van der Waals surface area contributed by atoms with Gasteiger partial charge in [0.25, 0.3) is 0 Å². The van der Waals surface area contributed by atoms with Crippen molar-refractivity contribution in [1.29, 1.82) is 0 Å². The number of methoxy groups -OCH3 is 1. The molecule has 1 unspecified atom stereocenters. The lowest BCUT2D eigenvalue weighted by molar-refractivity contribution is -0.146. The summed E-state index contributed by atoms with van der Waals surface area (Å²) in [6.07, 6.45) is 0. The van der Waals surface area contributed by atoms with Gasteiger partial charge in [-0.15, -0.1) is 0 Å². The monoisotopic (exact) mass is 225 g/mol. The Kier molecular flexibility index (Phi) is 2.46. The number of hydrogen-bond acceptors (Lipinski definition) is 4. The summed E-state index contributed by atoms with van der Waals surface area (Å²) >= 11 is 0. The molecule has 0 bridgehead atoms. The molecule has 0 radical (unpaired) electrons. The van der Waals surface area contributed by atoms with E-state index in [1.54, 1.807) is 6.92 Å². The summed E-state index contributed by atoms with van der Waals surface area (Å²) < 4.78 is 22.9. The van der Waals surface area contributed by atoms with Crippen molar-refractivity contribution < 1.29 is 18.7 Å². The van der Waals surface area contributed by atoms with Gasteiger partial charge in [-0.3, -0.25) is 0 Å². The van der Waals surface area contributed by atoms with Gasteiger partial charge in [-0.05, 0) is 19.1 Å². The Hall–Kier alpha value is -1.78. The molecule has 2 rings (SSSR count). The van der Waals surface area contributed by atoms with Gasteiger partial charge in [0.15, 0.2) is 5.54 Å². The molecule has 1 N–H and O–H groups in total. The van der Waals surface area contributed by atoms with E-state index in [1.807, 2.05) is 0 Å². The summed E-state index contributed by atoms with van der Waals surface area (Å²) in [5.74, 6) is -0.383. The first-order valence-corrected chi connectivity index (χ1v) is 4.84. The summed E-state index contributed by atoms with van der Waals surface area (Å²) in [5, 5.41) is 2.99. The molecule has 1 atom stereocenters. The number of fused-ring (bicyclic) bond motifs is 1. The largest absolute Gasteiger partial charge is 0.488 e. The standard InChI is InChI=1S/C11H12FNO3/c1-11(10(14)15-2)6-16-9-5-7(12)3-4-8(9)13-11/h3-5,13H,6H2,1-2H3. The first kappa shape index (κ1) is 10.7. The molecule has 86 valence electrons. The number of carbonyl (C=O) groups excluding carboxylic acids is 1. The summed E-state index contributed by atoms with van der Waals surface area (Å²) in [5.41, 5.74) is -0.347. The maximum atomic E-state index is 12.9. The van der Waals surface area contributed by atoms with Gasteiger partial charge in [-0.25, -0.2) is 9.18 Å². The Morgan fingerprint density at radius 3 is 3.06 bits per heavy atom. The number of nitrogens with one attached hydrogen (secondary N) is 1. The number of rotatable bonds is 1. The van der Waals surface area contributed by atoms with Gasteiger partial charge in [0.1, 0.15) is 18.2 Å². The molecular weight excluding hydrogens is 213 g/mol. The topological polar surface area (TPSA) is 47.6 Å². The Labute approximate surface area is 92.4 Å². The van der Waals surface area contributed by atoms with Crippen LogP contribution in [0.4, 0.5) is 10.1 Å². The van der Waals surface area contributed by atoms with Crippen molar-refractivity contribution in [2.45, 2.75) is 12.5 Å². The quantitative estimate of drug-likeness (QED) is 0.737. The van der Waals surface area contributed by atoms with E-state index in [9.17, 15) is 9.18 Å². The van der Waals surface area contributed by atoms with Gasteiger partial charge in [-0.2, -0.15) is 0 Å². The number of esters is 1. The lowest BCUT2D eigenvalue weighted by Crippen LogP contribution is -2.51. The van der Waals surface area contributed by atoms with Gasteiger partial charge in [0.2, 0.25) is 0 Å². The summed E-state index contributed by atoms with van der Waals surface area (Å²) in [6, 6.07) is 4.11. The number of ether oxygens (including phenoxy) is 2. The zero-order valence-electron chi connectivity index (χ0n) is 9.04. The van der Waals surface area contributed by atoms with Crippen molar-refractivity contribution in [2.75, 3.05) is 19.0 Å². The Morgan fingerprint density at radius 2 is 2.38 bits per heavy atom. The molecule has 0 aromatic heterocycles. The van der Waals surface area contributed by atoms with E-state index in [-0.39, 0.29) is 12.4 Å². The molecule has 0 fully saturated rings. The Bertz CT molecular complexity index is 435. The summed E-state index contributed by atoms with van der Waals surface area (Å²) in [6.45, 7) is 1.78. The van der Waals surface area contributed by atoms with E-state index in [1.165, 1.54) is 25.3 Å². The molecule has 0 saturated carbocycles. The molecule has 1 aromatic rings. The highest BCUT2D eigenvalue weighted by Crippen LogP contribution is 2.33. The highest BCUT2D eigenvalue weighted by atomic mass is 19.1. The van der Waals surface area contributed by atoms with Gasteiger partial charge in [0.05, 0.1) is 12.8 Å². The molecule has 1 aliphatic heterocycles. The number of halogens is 1. The van der Waals surface area contributed by atoms with Crippen LogP contribution in [0.25, 0.3) is 0 Å². The molecule has 0 aliphatic carbocycles. The Morgan fingerprint density at radius 1 is 1.62 bits per heavy atom. The van der Waals surface area contributed by atoms with E-state index < -0.39 is 11.5 Å². The van der Waals surface area contributed by atoms with Crippen molar-refractivity contribution in [2.24, 2.45) is 0 Å². The number of anilines is 1. The maximum absolute atomic E-state index is 12.9. The minimum atomic E-state index is -0.931. The lowest BCUT2D eigenvalue weighted by atomic mass is 10.0. The van der Waals surface area contributed by atoms with Gasteiger partial charge in [-0.1, -0.05) is 0 Å². The predicted octanol–water partition coefficient (Wildman–Crippen LogP) is 1.56. The van der Waals surface area contributed by atoms with E-state index in [2.05, 4.69) is 10.1 Å². The third-order valence-electron chi connectivity index (χ3n) is 2.51. The van der Waals surface area contributed by atoms with Gasteiger partial charge in [0, 0.05) is 6.07 Å². The third kappa shape index (κ3) is 1.68. The molecule has 0 saturated heterocycles. The van der Waals surface area contributed by atoms with Crippen molar-refractivity contribution in [3.8, 4) is 5.75 Å². The highest BCUT2D eigenvalue weighted by Gasteiger charge is 2.39. The lowest BCUT2D eigenvalue weighted by Gasteiger charge is -2.34. The molecule has 1 heterocycles. The molecule has 4 nitrogen and oxygen atoms in total. The molecule has 0 spiro atoms. The fraction of sp³-hybridized carbons (Fsp3) is 0.364. The summed E-state index contributed by atoms with van der Waals surface area (Å²) in [4.78, 5) is 11.5. The third-order valence-corrected chi connectivity index (χ3v) is 2.51. The molecule has 5 heteroatoms. The molecular formula is C11H12FNO3. The zero-order valence-corrected chi connectivity index (χ0v) is 9.04. The van der Waals surface area contributed by atoms with Crippen LogP contribution >= 0.6 is 0 Å². The average Bonchev–Trinajstić information content (AvgIpc) is 2.28. The molecule has 16 heavy (non-hydrogen) atoms. The van der Waals surface area contributed by atoms with Crippen molar-refractivity contribution in [3.05, 3.63) is 24.0 Å². The smallest absolute Gasteiger partial charge is 0.334 e. The molecule has 0 amide bonds. The van der Waals surface area contributed by atoms with Crippen LogP contribution in [0, 0.1) is 5.82 Å². The first-order chi connectivity index (χ1) is 7.55. The van der Waals surface area contributed by atoms with E-state index in [4.69, 9.17) is 4.74 Å². The SMILES string of the molecule is COC(=O)C1(C)COc2cc(F)ccc2N1. The zero-order chi connectivity index (χ0) is 11.8. The van der Waals surface area contributed by atoms with Crippen LogP contribution in [0.5, 0.6) is 5.75 Å². The predicted molar refractivity (Wildman–Crippen MR) is 55.9 cm³/mol. The van der Waals surface area contributed by atoms with Crippen LogP contribution in [0.1, 0.15) is 6.92 Å². The minimum absolute atomic E-state index is 0.107. The maximum Gasteiger partial charge on any atom is 0.334 e. The van der Waals surface area contributed by atoms with E-state index >= 15 is 0 Å². The number of carbonyl (C=O) groups is 1. The van der Waals surface area contributed by atoms with Crippen LogP contribution in [-0.4, -0.2) is 25.2 Å². The second-order valence-electron chi connectivity index (χ2n) is 3.88. The fourth-order valence-electron chi connectivity index (χ4n) is 1.61. The minimum Gasteiger partial charge on any atom is -0.488 e. The number of benzene rings is 1. The van der Waals surface area contributed by atoms with E-state index in [0.29, 0.717) is 11.4 Å². The van der Waals surface area contributed by atoms with Crippen molar-refractivity contribution >= 4 is 11.7 Å². The fourth-order valence-corrected chi connectivity index (χ4v) is 1.61. The molecule has 1 aromatic carbocycles. The second kappa shape index (κ2) is 3.66. The van der Waals surface area contributed by atoms with Crippen molar-refractivity contribution in [1.82, 2.24) is 0 Å². The average molecular weight is 225 g/mol. The van der Waals surface area contributed by atoms with Crippen molar-refractivity contribution in [3.63, 3.8) is 0 Å². The van der Waals surface area contributed by atoms with Gasteiger partial charge < -0.3 is 14.8 Å². The second-order valence-corrected chi connectivity index (χ2v) is 3.88.